The number of carbonyl (C=O) groups is 2. The number of fused-ring (bicyclic) bond motifs is 1. The number of amides is 1. The second-order valence-corrected chi connectivity index (χ2v) is 5.91. The van der Waals surface area contributed by atoms with Crippen LogP contribution in [0.1, 0.15) is 0 Å². The molecule has 2 heterocycles. The summed E-state index contributed by atoms with van der Waals surface area (Å²) < 4.78 is 43.7. The van der Waals surface area contributed by atoms with E-state index in [1.807, 2.05) is 0 Å². The summed E-state index contributed by atoms with van der Waals surface area (Å²) >= 11 is 0.861. The number of methoxy groups -OCH3 is 1. The number of carbonyl (C=O) groups excluding carboxylic acids is 2. The molecule has 0 unspecified atom stereocenters. The van der Waals surface area contributed by atoms with Gasteiger partial charge in [0.2, 0.25) is 5.76 Å². The zero-order valence-corrected chi connectivity index (χ0v) is 13.8. The Bertz CT molecular complexity index is 947. The molecule has 0 saturated carbocycles. The topological polar surface area (TPSA) is 79.1 Å². The maximum Gasteiger partial charge on any atom is 0.325 e. The first kappa shape index (κ1) is 17.1. The van der Waals surface area contributed by atoms with Gasteiger partial charge in [0.05, 0.1) is 17.3 Å². The molecule has 1 aliphatic heterocycles. The summed E-state index contributed by atoms with van der Waals surface area (Å²) in [6.45, 7) is 0.121. The van der Waals surface area contributed by atoms with Gasteiger partial charge in [0.1, 0.15) is 31.8 Å². The van der Waals surface area contributed by atoms with E-state index in [1.54, 1.807) is 0 Å². The Labute approximate surface area is 143 Å². The van der Waals surface area contributed by atoms with E-state index in [0.29, 0.717) is 12.7 Å². The molecule has 0 atom stereocenters. The smallest absolute Gasteiger partial charge is 0.325 e. The Morgan fingerprint density at radius 1 is 1.36 bits per heavy atom. The van der Waals surface area contributed by atoms with Crippen molar-refractivity contribution in [3.8, 4) is 0 Å². The normalized spacial score (nSPS) is 14.7. The minimum absolute atomic E-state index is 0.00461. The second kappa shape index (κ2) is 7.01. The van der Waals surface area contributed by atoms with Gasteiger partial charge in [-0.15, -0.1) is 0 Å². The minimum Gasteiger partial charge on any atom is -0.494 e. The highest BCUT2D eigenvalue weighted by Crippen LogP contribution is 2.22. The lowest BCUT2D eigenvalue weighted by atomic mass is 10.3. The maximum absolute atomic E-state index is 14.2. The van der Waals surface area contributed by atoms with Crippen molar-refractivity contribution in [2.75, 3.05) is 20.3 Å². The van der Waals surface area contributed by atoms with E-state index in [1.165, 1.54) is 7.11 Å². The number of hydrogen-bond donors (Lipinski definition) is 0. The predicted molar refractivity (Wildman–Crippen MR) is 82.3 cm³/mol. The third-order valence-corrected chi connectivity index (χ3v) is 4.29. The molecule has 3 rings (SSSR count). The number of rotatable bonds is 3. The molecule has 0 bridgehead atoms. The SMILES string of the molecule is COC(=O)Cn1c(=NC(=O)C2=COCCO2)sc2cc(F)cc(F)c21. The van der Waals surface area contributed by atoms with Crippen molar-refractivity contribution in [3.05, 3.63) is 40.6 Å². The first-order valence-corrected chi connectivity index (χ1v) is 7.90. The largest absolute Gasteiger partial charge is 0.494 e. The van der Waals surface area contributed by atoms with Gasteiger partial charge in [0.15, 0.2) is 10.6 Å². The fourth-order valence-electron chi connectivity index (χ4n) is 2.18. The number of halogens is 2. The number of esters is 1. The van der Waals surface area contributed by atoms with Crippen LogP contribution in [-0.4, -0.2) is 36.8 Å². The number of hydrogen-bond acceptors (Lipinski definition) is 6. The Hall–Kier alpha value is -2.75. The molecular weight excluding hydrogens is 358 g/mol. The summed E-state index contributed by atoms with van der Waals surface area (Å²) in [5.74, 6) is -3.19. The summed E-state index contributed by atoms with van der Waals surface area (Å²) in [6, 6.07) is 1.79. The van der Waals surface area contributed by atoms with Gasteiger partial charge in [-0.2, -0.15) is 4.99 Å². The molecule has 10 heteroatoms. The first-order chi connectivity index (χ1) is 12.0. The van der Waals surface area contributed by atoms with Crippen LogP contribution in [0.25, 0.3) is 10.2 Å². The molecule has 1 amide bonds. The van der Waals surface area contributed by atoms with E-state index in [0.717, 1.165) is 28.2 Å². The molecule has 0 N–H and O–H groups in total. The average molecular weight is 370 g/mol. The second-order valence-electron chi connectivity index (χ2n) is 4.90. The van der Waals surface area contributed by atoms with Gasteiger partial charge in [0.25, 0.3) is 0 Å². The number of thiazole rings is 1. The third kappa shape index (κ3) is 3.53. The molecule has 25 heavy (non-hydrogen) atoms. The Morgan fingerprint density at radius 3 is 2.84 bits per heavy atom. The van der Waals surface area contributed by atoms with Gasteiger partial charge in [0, 0.05) is 6.07 Å². The van der Waals surface area contributed by atoms with Gasteiger partial charge in [-0.3, -0.25) is 9.59 Å². The molecular formula is C15H12F2N2O5S. The zero-order valence-electron chi connectivity index (χ0n) is 13.0. The van der Waals surface area contributed by atoms with Crippen LogP contribution in [0.3, 0.4) is 0 Å². The Balaban J connectivity index is 2.15. The molecule has 0 aliphatic carbocycles. The van der Waals surface area contributed by atoms with Crippen LogP contribution in [0.2, 0.25) is 0 Å². The summed E-state index contributed by atoms with van der Waals surface area (Å²) in [5, 5.41) is 0. The van der Waals surface area contributed by atoms with Crippen molar-refractivity contribution in [1.82, 2.24) is 4.57 Å². The van der Waals surface area contributed by atoms with E-state index in [4.69, 9.17) is 9.47 Å². The number of nitrogens with zero attached hydrogens (tertiary/aromatic N) is 2. The van der Waals surface area contributed by atoms with Gasteiger partial charge >= 0.3 is 11.9 Å². The Kier molecular flexibility index (Phi) is 4.79. The summed E-state index contributed by atoms with van der Waals surface area (Å²) in [5.41, 5.74) is -0.0434. The lowest BCUT2D eigenvalue weighted by Crippen LogP contribution is -2.24. The molecule has 0 fully saturated rings. The lowest BCUT2D eigenvalue weighted by Gasteiger charge is -2.12. The monoisotopic (exact) mass is 370 g/mol. The summed E-state index contributed by atoms with van der Waals surface area (Å²) in [4.78, 5) is 27.7. The van der Waals surface area contributed by atoms with Crippen molar-refractivity contribution < 1.29 is 32.6 Å². The number of ether oxygens (including phenoxy) is 3. The highest BCUT2D eigenvalue weighted by Gasteiger charge is 2.19. The Morgan fingerprint density at radius 2 is 2.16 bits per heavy atom. The minimum atomic E-state index is -0.875. The lowest BCUT2D eigenvalue weighted by molar-refractivity contribution is -0.141. The summed E-state index contributed by atoms with van der Waals surface area (Å²) in [6.07, 6.45) is 1.13. The van der Waals surface area contributed by atoms with Crippen LogP contribution in [0, 0.1) is 11.6 Å². The van der Waals surface area contributed by atoms with E-state index in [-0.39, 0.29) is 33.9 Å². The van der Waals surface area contributed by atoms with Crippen molar-refractivity contribution in [2.45, 2.75) is 6.54 Å². The predicted octanol–water partition coefficient (Wildman–Crippen LogP) is 1.47. The van der Waals surface area contributed by atoms with Crippen LogP contribution in [0.15, 0.2) is 29.1 Å². The number of aromatic nitrogens is 1. The van der Waals surface area contributed by atoms with Crippen LogP contribution in [0.5, 0.6) is 0 Å². The molecule has 1 aromatic heterocycles. The quantitative estimate of drug-likeness (QED) is 0.765. The van der Waals surface area contributed by atoms with Gasteiger partial charge in [-0.1, -0.05) is 11.3 Å². The molecule has 7 nitrogen and oxygen atoms in total. The fourth-order valence-corrected chi connectivity index (χ4v) is 3.24. The van der Waals surface area contributed by atoms with E-state index in [9.17, 15) is 18.4 Å². The van der Waals surface area contributed by atoms with Gasteiger partial charge in [-0.25, -0.2) is 8.78 Å². The van der Waals surface area contributed by atoms with Crippen molar-refractivity contribution >= 4 is 33.4 Å². The van der Waals surface area contributed by atoms with Gasteiger partial charge in [-0.05, 0) is 6.07 Å². The molecule has 1 aliphatic rings. The van der Waals surface area contributed by atoms with E-state index < -0.39 is 23.5 Å². The molecule has 132 valence electrons. The molecule has 0 radical (unpaired) electrons. The number of benzene rings is 1. The molecule has 1 aromatic carbocycles. The van der Waals surface area contributed by atoms with Crippen molar-refractivity contribution in [3.63, 3.8) is 0 Å². The van der Waals surface area contributed by atoms with E-state index >= 15 is 0 Å². The molecule has 2 aromatic rings. The van der Waals surface area contributed by atoms with E-state index in [2.05, 4.69) is 9.73 Å². The average Bonchev–Trinajstić information content (AvgIpc) is 2.92. The van der Waals surface area contributed by atoms with Crippen molar-refractivity contribution in [1.29, 1.82) is 0 Å². The standard InChI is InChI=1S/C15H12F2N2O5S/c1-22-12(20)6-19-13-9(17)4-8(16)5-11(13)25-15(19)18-14(21)10-7-23-2-3-24-10/h4-5,7H,2-3,6H2,1H3. The van der Waals surface area contributed by atoms with Crippen LogP contribution in [0.4, 0.5) is 8.78 Å². The van der Waals surface area contributed by atoms with Crippen LogP contribution < -0.4 is 4.80 Å². The van der Waals surface area contributed by atoms with Gasteiger partial charge < -0.3 is 18.8 Å². The zero-order chi connectivity index (χ0) is 18.0. The molecule has 0 saturated heterocycles. The summed E-state index contributed by atoms with van der Waals surface area (Å²) in [7, 11) is 1.17. The molecule has 0 spiro atoms. The van der Waals surface area contributed by atoms with Crippen LogP contribution >= 0.6 is 11.3 Å². The van der Waals surface area contributed by atoms with Crippen molar-refractivity contribution in [2.24, 2.45) is 4.99 Å². The highest BCUT2D eigenvalue weighted by molar-refractivity contribution is 7.16. The fraction of sp³-hybridized carbons (Fsp3) is 0.267. The first-order valence-electron chi connectivity index (χ1n) is 7.08. The maximum atomic E-state index is 14.2. The highest BCUT2D eigenvalue weighted by atomic mass is 32.1. The third-order valence-electron chi connectivity index (χ3n) is 3.27. The van der Waals surface area contributed by atoms with Crippen LogP contribution in [-0.2, 0) is 30.3 Å².